The van der Waals surface area contributed by atoms with Gasteiger partial charge in [0.1, 0.15) is 30.2 Å². The maximum Gasteiger partial charge on any atom is 0.529 e. The lowest BCUT2D eigenvalue weighted by atomic mass is 10.1. The second-order valence-electron chi connectivity index (χ2n) is 6.78. The Balaban J connectivity index is 1.42. The van der Waals surface area contributed by atoms with Crippen molar-refractivity contribution in [3.63, 3.8) is 0 Å². The zero-order chi connectivity index (χ0) is 23.0. The molecule has 4 rings (SSSR count). The average Bonchev–Trinajstić information content (AvgIpc) is 3.29. The van der Waals surface area contributed by atoms with Gasteiger partial charge in [-0.2, -0.15) is 0 Å². The van der Waals surface area contributed by atoms with Crippen LogP contribution in [0.2, 0.25) is 0 Å². The van der Waals surface area contributed by atoms with Crippen molar-refractivity contribution in [3.8, 4) is 0 Å². The van der Waals surface area contributed by atoms with E-state index in [-0.39, 0.29) is 22.5 Å². The molecular formula is C17H17BrN5O8P. The predicted octanol–water partition coefficient (Wildman–Crippen LogP) is 0.764. The highest BCUT2D eigenvalue weighted by Gasteiger charge is 2.45. The van der Waals surface area contributed by atoms with Gasteiger partial charge >= 0.3 is 13.8 Å². The number of nitrogens with zero attached hydrogens (tertiary/aromatic N) is 4. The molecular weight excluding hydrogens is 513 g/mol. The van der Waals surface area contributed by atoms with E-state index in [1.54, 1.807) is 12.1 Å². The fraction of sp³-hybridized carbons (Fsp3) is 0.294. The number of aromatic nitrogens is 4. The maximum absolute atomic E-state index is 12.2. The number of carbonyl (C=O) groups is 1. The molecule has 5 N–H and O–H groups in total. The van der Waals surface area contributed by atoms with Crippen LogP contribution < -0.4 is 5.73 Å². The first kappa shape index (κ1) is 22.7. The Bertz CT molecular complexity index is 1190. The van der Waals surface area contributed by atoms with Crippen LogP contribution in [-0.4, -0.2) is 65.5 Å². The number of rotatable bonds is 6. The topological polar surface area (TPSA) is 192 Å². The van der Waals surface area contributed by atoms with Gasteiger partial charge in [-0.15, -0.1) is 0 Å². The van der Waals surface area contributed by atoms with Crippen LogP contribution in [0, 0.1) is 0 Å². The summed E-state index contributed by atoms with van der Waals surface area (Å²) in [6, 6.07) is 5.90. The number of anilines is 1. The van der Waals surface area contributed by atoms with Crippen LogP contribution in [0.1, 0.15) is 16.6 Å². The van der Waals surface area contributed by atoms with E-state index < -0.39 is 44.9 Å². The van der Waals surface area contributed by atoms with Gasteiger partial charge in [0.25, 0.3) is 0 Å². The number of fused-ring (bicyclic) bond motifs is 1. The van der Waals surface area contributed by atoms with Crippen LogP contribution in [0.4, 0.5) is 5.82 Å². The number of nitrogens with two attached hydrogens (primary N) is 1. The molecule has 0 spiro atoms. The molecule has 1 fully saturated rings. The maximum atomic E-state index is 12.2. The molecule has 1 aromatic carbocycles. The van der Waals surface area contributed by atoms with Crippen LogP contribution in [-0.2, 0) is 18.3 Å². The van der Waals surface area contributed by atoms with E-state index in [4.69, 9.17) is 15.0 Å². The van der Waals surface area contributed by atoms with Gasteiger partial charge < -0.3 is 25.2 Å². The van der Waals surface area contributed by atoms with E-state index in [1.807, 2.05) is 0 Å². The second kappa shape index (κ2) is 8.83. The first-order valence-corrected chi connectivity index (χ1v) is 11.4. The van der Waals surface area contributed by atoms with Gasteiger partial charge in [-0.1, -0.05) is 15.9 Å². The number of phosphoric acid groups is 1. The Morgan fingerprint density at radius 3 is 2.66 bits per heavy atom. The highest BCUT2D eigenvalue weighted by Crippen LogP contribution is 2.45. The minimum absolute atomic E-state index is 0.0342. The first-order valence-electron chi connectivity index (χ1n) is 9.08. The van der Waals surface area contributed by atoms with Crippen LogP contribution in [0.15, 0.2) is 41.4 Å². The van der Waals surface area contributed by atoms with Crippen LogP contribution >= 0.6 is 23.8 Å². The summed E-state index contributed by atoms with van der Waals surface area (Å²) in [6.07, 6.45) is -2.79. The summed E-state index contributed by atoms with van der Waals surface area (Å²) in [5, 5.41) is 20.7. The van der Waals surface area contributed by atoms with Gasteiger partial charge in [-0.25, -0.2) is 24.3 Å². The summed E-state index contributed by atoms with van der Waals surface area (Å²) in [6.45, 7) is -0.653. The van der Waals surface area contributed by atoms with Crippen molar-refractivity contribution in [2.24, 2.45) is 0 Å². The van der Waals surface area contributed by atoms with Crippen molar-refractivity contribution < 1.29 is 38.3 Å². The molecule has 0 aliphatic carbocycles. The molecule has 13 nitrogen and oxygen atoms in total. The van der Waals surface area contributed by atoms with E-state index >= 15 is 0 Å². The van der Waals surface area contributed by atoms with E-state index in [0.717, 1.165) is 0 Å². The summed E-state index contributed by atoms with van der Waals surface area (Å²) >= 11 is 3.21. The van der Waals surface area contributed by atoms with Gasteiger partial charge in [0.15, 0.2) is 17.7 Å². The Morgan fingerprint density at radius 1 is 1.22 bits per heavy atom. The van der Waals surface area contributed by atoms with Crippen molar-refractivity contribution in [1.82, 2.24) is 19.5 Å². The molecule has 0 saturated carbocycles. The van der Waals surface area contributed by atoms with Gasteiger partial charge in [-0.3, -0.25) is 14.0 Å². The molecule has 2 aromatic heterocycles. The van der Waals surface area contributed by atoms with Crippen molar-refractivity contribution in [3.05, 3.63) is 47.0 Å². The highest BCUT2D eigenvalue weighted by molar-refractivity contribution is 9.10. The van der Waals surface area contributed by atoms with Gasteiger partial charge in [0.2, 0.25) is 0 Å². The lowest BCUT2D eigenvalue weighted by Gasteiger charge is -2.17. The molecule has 3 heterocycles. The summed E-state index contributed by atoms with van der Waals surface area (Å²) < 4.78 is 29.2. The van der Waals surface area contributed by atoms with Gasteiger partial charge in [0, 0.05) is 4.47 Å². The molecule has 32 heavy (non-hydrogen) atoms. The molecule has 15 heteroatoms. The minimum Gasteiger partial charge on any atom is -0.387 e. The Morgan fingerprint density at radius 2 is 1.94 bits per heavy atom. The second-order valence-corrected chi connectivity index (χ2v) is 9.07. The van der Waals surface area contributed by atoms with E-state index in [2.05, 4.69) is 35.4 Å². The number of aliphatic hydroxyl groups excluding tert-OH is 2. The third-order valence-electron chi connectivity index (χ3n) is 4.68. The largest absolute Gasteiger partial charge is 0.529 e. The standard InChI is InChI=1S/C17H17BrN5O8P/c18-9-3-1-8(2-4-9)17(26)31-32(27,28)29-5-10-12(24)13(25)16(30-10)23-7-22-11-14(19)20-6-21-15(11)23/h1-4,6-7,10,12-13,16,24-25H,5H2,(H,27,28)(H2,19,20,21)/t10-,12-,13-,16-/m1/s1. The van der Waals surface area contributed by atoms with Gasteiger partial charge in [0.05, 0.1) is 18.5 Å². The highest BCUT2D eigenvalue weighted by atomic mass is 79.9. The monoisotopic (exact) mass is 529 g/mol. The third-order valence-corrected chi connectivity index (χ3v) is 6.08. The smallest absolute Gasteiger partial charge is 0.387 e. The number of ether oxygens (including phenoxy) is 1. The average molecular weight is 530 g/mol. The van der Waals surface area contributed by atoms with Crippen molar-refractivity contribution in [2.45, 2.75) is 24.5 Å². The van der Waals surface area contributed by atoms with E-state index in [1.165, 1.54) is 29.4 Å². The predicted molar refractivity (Wildman–Crippen MR) is 111 cm³/mol. The number of hydrogen-bond donors (Lipinski definition) is 4. The lowest BCUT2D eigenvalue weighted by molar-refractivity contribution is -0.0508. The fourth-order valence-electron chi connectivity index (χ4n) is 3.09. The minimum atomic E-state index is -4.84. The molecule has 3 aromatic rings. The molecule has 0 amide bonds. The van der Waals surface area contributed by atoms with Gasteiger partial charge in [-0.05, 0) is 24.3 Å². The van der Waals surface area contributed by atoms with Crippen LogP contribution in [0.25, 0.3) is 11.2 Å². The number of imidazole rings is 1. The number of benzene rings is 1. The normalized spacial score (nSPS) is 25.0. The number of carbonyl (C=O) groups excluding carboxylic acids is 1. The number of nitrogen functional groups attached to an aromatic ring is 1. The quantitative estimate of drug-likeness (QED) is 0.328. The molecule has 170 valence electrons. The summed E-state index contributed by atoms with van der Waals surface area (Å²) in [7, 11) is -4.84. The molecule has 1 aliphatic heterocycles. The number of hydrogen-bond acceptors (Lipinski definition) is 11. The molecule has 0 bridgehead atoms. The summed E-state index contributed by atoms with van der Waals surface area (Å²) in [4.78, 5) is 33.8. The molecule has 1 unspecified atom stereocenters. The van der Waals surface area contributed by atoms with Crippen LogP contribution in [0.3, 0.4) is 0 Å². The number of aliphatic hydroxyl groups is 2. The Hall–Kier alpha value is -2.45. The van der Waals surface area contributed by atoms with E-state index in [0.29, 0.717) is 4.47 Å². The SMILES string of the molecule is Nc1ncnc2c1ncn2[C@@H]1O[C@H](COP(=O)(O)OC(=O)c2ccc(Br)cc2)[C@@H](O)[C@H]1O. The number of phosphoric ester groups is 1. The van der Waals surface area contributed by atoms with Crippen molar-refractivity contribution in [1.29, 1.82) is 0 Å². The summed E-state index contributed by atoms with van der Waals surface area (Å²) in [5.41, 5.74) is 6.31. The molecule has 5 atom stereocenters. The van der Waals surface area contributed by atoms with E-state index in [9.17, 15) is 24.5 Å². The third kappa shape index (κ3) is 4.52. The Labute approximate surface area is 188 Å². The zero-order valence-corrected chi connectivity index (χ0v) is 18.5. The van der Waals surface area contributed by atoms with Crippen molar-refractivity contribution in [2.75, 3.05) is 12.3 Å². The number of halogens is 1. The Kier molecular flexibility index (Phi) is 6.27. The first-order chi connectivity index (χ1) is 15.2. The lowest BCUT2D eigenvalue weighted by Crippen LogP contribution is -2.33. The fourth-order valence-corrected chi connectivity index (χ4v) is 4.06. The summed E-state index contributed by atoms with van der Waals surface area (Å²) in [5.74, 6) is -0.952. The van der Waals surface area contributed by atoms with Crippen LogP contribution in [0.5, 0.6) is 0 Å². The molecule has 1 saturated heterocycles. The zero-order valence-electron chi connectivity index (χ0n) is 16.1. The molecule has 1 aliphatic rings. The van der Waals surface area contributed by atoms with Crippen molar-refractivity contribution >= 4 is 46.7 Å². The molecule has 0 radical (unpaired) electrons.